The van der Waals surface area contributed by atoms with E-state index in [1.54, 1.807) is 36.4 Å². The highest BCUT2D eigenvalue weighted by Crippen LogP contribution is 2.28. The molecule has 1 aliphatic rings. The zero-order chi connectivity index (χ0) is 20.3. The van der Waals surface area contributed by atoms with Crippen molar-refractivity contribution in [3.05, 3.63) is 41.3 Å². The van der Waals surface area contributed by atoms with Crippen LogP contribution in [-0.4, -0.2) is 37.8 Å². The molecule has 0 spiro atoms. The summed E-state index contributed by atoms with van der Waals surface area (Å²) in [5, 5.41) is 5.25. The van der Waals surface area contributed by atoms with Crippen LogP contribution in [0.5, 0.6) is 0 Å². The van der Waals surface area contributed by atoms with Gasteiger partial charge in [0, 0.05) is 29.3 Å². The third-order valence-electron chi connectivity index (χ3n) is 4.48. The molecule has 0 saturated carbocycles. The Bertz CT molecular complexity index is 970. The van der Waals surface area contributed by atoms with Crippen LogP contribution in [0.1, 0.15) is 17.7 Å². The lowest BCUT2D eigenvalue weighted by Gasteiger charge is -2.30. The molecule has 1 aromatic carbocycles. The number of primary amides is 1. The van der Waals surface area contributed by atoms with Crippen molar-refractivity contribution in [2.45, 2.75) is 24.0 Å². The molecule has 10 heteroatoms. The minimum absolute atomic E-state index is 0.159. The lowest BCUT2D eigenvalue weighted by atomic mass is 9.98. The Balaban J connectivity index is 1.65. The Hall–Kier alpha value is -2.43. The highest BCUT2D eigenvalue weighted by atomic mass is 32.2. The number of benzene rings is 1. The number of hydrogen-bond donors (Lipinski definition) is 3. The fraction of sp³-hybridized carbons (Fsp3) is 0.333. The second kappa shape index (κ2) is 8.29. The van der Waals surface area contributed by atoms with Crippen LogP contribution in [0.15, 0.2) is 40.6 Å². The number of rotatable bonds is 5. The van der Waals surface area contributed by atoms with Gasteiger partial charge in [0.2, 0.25) is 5.91 Å². The molecule has 4 N–H and O–H groups in total. The molecule has 1 atom stereocenters. The lowest BCUT2D eigenvalue weighted by Crippen LogP contribution is -2.43. The molecule has 0 bridgehead atoms. The first kappa shape index (κ1) is 20.3. The quantitative estimate of drug-likeness (QED) is 0.685. The summed E-state index contributed by atoms with van der Waals surface area (Å²) < 4.78 is 27.3. The number of carbonyl (C=O) groups excluding carboxylic acids is 2. The maximum absolute atomic E-state index is 12.8. The van der Waals surface area contributed by atoms with Crippen LogP contribution in [0.2, 0.25) is 0 Å². The van der Waals surface area contributed by atoms with Crippen LogP contribution in [-0.2, 0) is 14.8 Å². The van der Waals surface area contributed by atoms with E-state index in [0.717, 1.165) is 4.88 Å². The minimum Gasteiger partial charge on any atom is -0.351 e. The minimum atomic E-state index is -3.58. The number of sulfonamides is 1. The van der Waals surface area contributed by atoms with Crippen molar-refractivity contribution in [2.24, 2.45) is 11.7 Å². The first-order valence-electron chi connectivity index (χ1n) is 8.79. The third-order valence-corrected chi connectivity index (χ3v) is 7.82. The van der Waals surface area contributed by atoms with Gasteiger partial charge in [0.15, 0.2) is 0 Å². The number of thiophene rings is 1. The van der Waals surface area contributed by atoms with Gasteiger partial charge in [-0.25, -0.2) is 13.2 Å². The average molecular weight is 423 g/mol. The molecule has 1 unspecified atom stereocenters. The van der Waals surface area contributed by atoms with Crippen LogP contribution in [0.3, 0.4) is 0 Å². The lowest BCUT2D eigenvalue weighted by molar-refractivity contribution is -0.120. The van der Waals surface area contributed by atoms with Gasteiger partial charge in [-0.05, 0) is 56.2 Å². The van der Waals surface area contributed by atoms with Gasteiger partial charge in [0.05, 0.1) is 5.92 Å². The van der Waals surface area contributed by atoms with E-state index in [1.807, 2.05) is 6.92 Å². The molecule has 28 heavy (non-hydrogen) atoms. The van der Waals surface area contributed by atoms with E-state index >= 15 is 0 Å². The van der Waals surface area contributed by atoms with E-state index in [9.17, 15) is 18.0 Å². The first-order chi connectivity index (χ1) is 13.3. The number of urea groups is 1. The van der Waals surface area contributed by atoms with E-state index < -0.39 is 22.0 Å². The van der Waals surface area contributed by atoms with Crippen molar-refractivity contribution in [3.8, 4) is 0 Å². The Labute approximate surface area is 167 Å². The summed E-state index contributed by atoms with van der Waals surface area (Å²) in [5.74, 6) is -0.647. The first-order valence-corrected chi connectivity index (χ1v) is 11.1. The van der Waals surface area contributed by atoms with E-state index in [1.165, 1.54) is 15.6 Å². The largest absolute Gasteiger partial charge is 0.351 e. The standard InChI is InChI=1S/C18H22N4O4S2/c1-12-4-9-16(27-12)28(25,26)22-10-2-3-13(11-22)17(23)20-14-5-7-15(8-6-14)21-18(19)24/h4-9,13H,2-3,10-11H2,1H3,(H,20,23)(H3,19,21,24). The summed E-state index contributed by atoms with van der Waals surface area (Å²) in [7, 11) is -3.58. The van der Waals surface area contributed by atoms with Crippen LogP contribution >= 0.6 is 11.3 Å². The summed E-state index contributed by atoms with van der Waals surface area (Å²) >= 11 is 1.24. The number of aryl methyl sites for hydroxylation is 1. The van der Waals surface area contributed by atoms with Crippen molar-refractivity contribution >= 4 is 44.7 Å². The molecule has 1 fully saturated rings. The van der Waals surface area contributed by atoms with Gasteiger partial charge in [-0.3, -0.25) is 4.79 Å². The molecular weight excluding hydrogens is 400 g/mol. The predicted octanol–water partition coefficient (Wildman–Crippen LogP) is 2.59. The summed E-state index contributed by atoms with van der Waals surface area (Å²) in [4.78, 5) is 24.4. The summed E-state index contributed by atoms with van der Waals surface area (Å²) in [6, 6.07) is 9.27. The number of anilines is 2. The fourth-order valence-corrected chi connectivity index (χ4v) is 6.04. The summed E-state index contributed by atoms with van der Waals surface area (Å²) in [6.07, 6.45) is 1.26. The van der Waals surface area contributed by atoms with E-state index in [2.05, 4.69) is 10.6 Å². The molecule has 1 aliphatic heterocycles. The van der Waals surface area contributed by atoms with E-state index in [4.69, 9.17) is 5.73 Å². The zero-order valence-electron chi connectivity index (χ0n) is 15.3. The SMILES string of the molecule is Cc1ccc(S(=O)(=O)N2CCCC(C(=O)Nc3ccc(NC(N)=O)cc3)C2)s1. The molecule has 2 heterocycles. The topological polar surface area (TPSA) is 122 Å². The number of nitrogens with zero attached hydrogens (tertiary/aromatic N) is 1. The van der Waals surface area contributed by atoms with Crippen molar-refractivity contribution in [2.75, 3.05) is 23.7 Å². The highest BCUT2D eigenvalue weighted by molar-refractivity contribution is 7.91. The van der Waals surface area contributed by atoms with Crippen molar-refractivity contribution < 1.29 is 18.0 Å². The van der Waals surface area contributed by atoms with E-state index in [0.29, 0.717) is 35.0 Å². The van der Waals surface area contributed by atoms with Gasteiger partial charge in [-0.1, -0.05) is 0 Å². The van der Waals surface area contributed by atoms with Gasteiger partial charge in [0.25, 0.3) is 10.0 Å². The Kier molecular flexibility index (Phi) is 6.01. The maximum atomic E-state index is 12.8. The molecule has 1 saturated heterocycles. The van der Waals surface area contributed by atoms with Crippen molar-refractivity contribution in [1.82, 2.24) is 4.31 Å². The number of hydrogen-bond acceptors (Lipinski definition) is 5. The van der Waals surface area contributed by atoms with Crippen LogP contribution in [0.25, 0.3) is 0 Å². The van der Waals surface area contributed by atoms with Gasteiger partial charge < -0.3 is 16.4 Å². The van der Waals surface area contributed by atoms with Gasteiger partial charge >= 0.3 is 6.03 Å². The van der Waals surface area contributed by atoms with Gasteiger partial charge in [-0.2, -0.15) is 4.31 Å². The number of carbonyl (C=O) groups is 2. The van der Waals surface area contributed by atoms with Crippen molar-refractivity contribution in [1.29, 1.82) is 0 Å². The molecule has 3 rings (SSSR count). The number of nitrogens with one attached hydrogen (secondary N) is 2. The van der Waals surface area contributed by atoms with Gasteiger partial charge in [0.1, 0.15) is 4.21 Å². The second-order valence-corrected chi connectivity index (χ2v) is 10.1. The number of amides is 3. The maximum Gasteiger partial charge on any atom is 0.316 e. The smallest absolute Gasteiger partial charge is 0.316 e. The average Bonchev–Trinajstić information content (AvgIpc) is 3.10. The Morgan fingerprint density at radius 2 is 1.75 bits per heavy atom. The van der Waals surface area contributed by atoms with Crippen LogP contribution < -0.4 is 16.4 Å². The molecule has 2 aromatic rings. The molecule has 150 valence electrons. The normalized spacial score (nSPS) is 17.8. The molecule has 8 nitrogen and oxygen atoms in total. The van der Waals surface area contributed by atoms with Crippen molar-refractivity contribution in [3.63, 3.8) is 0 Å². The number of nitrogens with two attached hydrogens (primary N) is 1. The highest BCUT2D eigenvalue weighted by Gasteiger charge is 2.34. The summed E-state index contributed by atoms with van der Waals surface area (Å²) in [6.45, 7) is 2.43. The monoisotopic (exact) mass is 422 g/mol. The predicted molar refractivity (Wildman–Crippen MR) is 109 cm³/mol. The molecule has 3 amide bonds. The molecule has 0 aliphatic carbocycles. The van der Waals surface area contributed by atoms with Gasteiger partial charge in [-0.15, -0.1) is 11.3 Å². The Morgan fingerprint density at radius 1 is 1.11 bits per heavy atom. The molecular formula is C18H22N4O4S2. The van der Waals surface area contributed by atoms with E-state index in [-0.39, 0.29) is 12.5 Å². The zero-order valence-corrected chi connectivity index (χ0v) is 17.0. The fourth-order valence-electron chi connectivity index (χ4n) is 3.08. The summed E-state index contributed by atoms with van der Waals surface area (Å²) in [5.41, 5.74) is 6.14. The molecule has 1 aromatic heterocycles. The van der Waals surface area contributed by atoms with Crippen LogP contribution in [0.4, 0.5) is 16.2 Å². The Morgan fingerprint density at radius 3 is 2.32 bits per heavy atom. The molecule has 0 radical (unpaired) electrons. The van der Waals surface area contributed by atoms with Crippen LogP contribution in [0, 0.1) is 12.8 Å². The second-order valence-electron chi connectivity index (χ2n) is 6.62. The number of piperidine rings is 1. The third kappa shape index (κ3) is 4.70.